The first-order valence-corrected chi connectivity index (χ1v) is 8.66. The van der Waals surface area contributed by atoms with Crippen molar-refractivity contribution in [3.63, 3.8) is 0 Å². The van der Waals surface area contributed by atoms with Gasteiger partial charge < -0.3 is 10.1 Å². The highest BCUT2D eigenvalue weighted by Gasteiger charge is 2.08. The number of nitrogens with zero attached hydrogens (tertiary/aromatic N) is 1. The molecule has 4 nitrogen and oxygen atoms in total. The fraction of sp³-hybridized carbons (Fsp3) is 0.158. The fourth-order valence-corrected chi connectivity index (χ4v) is 3.15. The van der Waals surface area contributed by atoms with E-state index >= 15 is 0 Å². The number of halogens is 1. The lowest BCUT2D eigenvalue weighted by atomic mass is 10.2. The summed E-state index contributed by atoms with van der Waals surface area (Å²) in [7, 11) is 1.60. The van der Waals surface area contributed by atoms with Crippen LogP contribution in [0.3, 0.4) is 0 Å². The van der Waals surface area contributed by atoms with Crippen LogP contribution in [0.4, 0.5) is 10.1 Å². The second-order valence-electron chi connectivity index (χ2n) is 5.43. The molecule has 0 spiro atoms. The number of aryl methyl sites for hydroxylation is 1. The molecule has 0 fully saturated rings. The summed E-state index contributed by atoms with van der Waals surface area (Å²) in [6.07, 6.45) is 0.901. The number of amides is 1. The van der Waals surface area contributed by atoms with Crippen LogP contribution in [0.2, 0.25) is 0 Å². The summed E-state index contributed by atoms with van der Waals surface area (Å²) in [4.78, 5) is 16.6. The molecule has 128 valence electrons. The van der Waals surface area contributed by atoms with E-state index in [1.54, 1.807) is 43.5 Å². The number of methoxy groups -OCH3 is 1. The van der Waals surface area contributed by atoms with Crippen molar-refractivity contribution in [3.8, 4) is 16.3 Å². The zero-order valence-electron chi connectivity index (χ0n) is 13.7. The molecular formula is C19H17FN2O2S. The van der Waals surface area contributed by atoms with Gasteiger partial charge in [-0.05, 0) is 55.0 Å². The van der Waals surface area contributed by atoms with Gasteiger partial charge in [-0.2, -0.15) is 0 Å². The number of benzene rings is 2. The molecule has 0 aliphatic carbocycles. The molecule has 6 heteroatoms. The van der Waals surface area contributed by atoms with E-state index in [1.807, 2.05) is 5.38 Å². The average molecular weight is 356 g/mol. The molecule has 1 N–H and O–H groups in total. The predicted molar refractivity (Wildman–Crippen MR) is 97.5 cm³/mol. The van der Waals surface area contributed by atoms with Crippen molar-refractivity contribution in [2.45, 2.75) is 12.8 Å². The van der Waals surface area contributed by atoms with Crippen molar-refractivity contribution in [3.05, 3.63) is 65.4 Å². The summed E-state index contributed by atoms with van der Waals surface area (Å²) >= 11 is 1.49. The predicted octanol–water partition coefficient (Wildman–Crippen LogP) is 4.53. The average Bonchev–Trinajstić information content (AvgIpc) is 3.10. The normalized spacial score (nSPS) is 10.5. The lowest BCUT2D eigenvalue weighted by molar-refractivity contribution is -0.116. The van der Waals surface area contributed by atoms with Crippen LogP contribution in [0, 0.1) is 5.82 Å². The summed E-state index contributed by atoms with van der Waals surface area (Å²) in [6.45, 7) is 0. The maximum Gasteiger partial charge on any atom is 0.224 e. The number of hydrogen-bond donors (Lipinski definition) is 1. The van der Waals surface area contributed by atoms with Crippen molar-refractivity contribution in [1.82, 2.24) is 4.98 Å². The number of ether oxygens (including phenoxy) is 1. The van der Waals surface area contributed by atoms with Crippen LogP contribution < -0.4 is 10.1 Å². The largest absolute Gasteiger partial charge is 0.497 e. The van der Waals surface area contributed by atoms with E-state index < -0.39 is 0 Å². The van der Waals surface area contributed by atoms with E-state index in [2.05, 4.69) is 10.3 Å². The van der Waals surface area contributed by atoms with E-state index in [1.165, 1.54) is 23.5 Å². The van der Waals surface area contributed by atoms with Gasteiger partial charge in [0.1, 0.15) is 16.6 Å². The molecule has 0 aliphatic heterocycles. The van der Waals surface area contributed by atoms with E-state index in [-0.39, 0.29) is 11.7 Å². The number of rotatable bonds is 6. The van der Waals surface area contributed by atoms with Crippen molar-refractivity contribution >= 4 is 22.9 Å². The highest BCUT2D eigenvalue weighted by atomic mass is 32.1. The van der Waals surface area contributed by atoms with Gasteiger partial charge >= 0.3 is 0 Å². The molecule has 2 aromatic carbocycles. The van der Waals surface area contributed by atoms with Crippen molar-refractivity contribution < 1.29 is 13.9 Å². The van der Waals surface area contributed by atoms with Crippen LogP contribution in [-0.2, 0) is 11.2 Å². The molecule has 0 saturated carbocycles. The van der Waals surface area contributed by atoms with Crippen LogP contribution >= 0.6 is 11.3 Å². The Morgan fingerprint density at radius 1 is 1.16 bits per heavy atom. The standard InChI is InChI=1S/C19H17FN2O2S/c1-24-17-9-6-15(7-10-17)21-18(23)11-8-16-12-25-19(22-16)13-2-4-14(20)5-3-13/h2-7,9-10,12H,8,11H2,1H3,(H,21,23). The number of carbonyl (C=O) groups is 1. The Morgan fingerprint density at radius 3 is 2.56 bits per heavy atom. The third kappa shape index (κ3) is 4.64. The smallest absolute Gasteiger partial charge is 0.224 e. The van der Waals surface area contributed by atoms with E-state index in [4.69, 9.17) is 4.74 Å². The Kier molecular flexibility index (Phi) is 5.40. The fourth-order valence-electron chi connectivity index (χ4n) is 2.29. The molecule has 0 saturated heterocycles. The van der Waals surface area contributed by atoms with E-state index in [9.17, 15) is 9.18 Å². The number of nitrogens with one attached hydrogen (secondary N) is 1. The lowest BCUT2D eigenvalue weighted by Gasteiger charge is -2.05. The van der Waals surface area contributed by atoms with Gasteiger partial charge in [0.25, 0.3) is 0 Å². The molecule has 0 bridgehead atoms. The van der Waals surface area contributed by atoms with Crippen LogP contribution in [0.5, 0.6) is 5.75 Å². The summed E-state index contributed by atoms with van der Waals surface area (Å²) in [5, 5.41) is 5.60. The van der Waals surface area contributed by atoms with Crippen LogP contribution in [-0.4, -0.2) is 18.0 Å². The quantitative estimate of drug-likeness (QED) is 0.706. The highest BCUT2D eigenvalue weighted by molar-refractivity contribution is 7.13. The molecule has 25 heavy (non-hydrogen) atoms. The molecule has 0 atom stereocenters. The summed E-state index contributed by atoms with van der Waals surface area (Å²) in [5.74, 6) is 0.408. The Bertz CT molecular complexity index is 845. The third-order valence-electron chi connectivity index (χ3n) is 3.62. The minimum atomic E-state index is -0.268. The van der Waals surface area contributed by atoms with Gasteiger partial charge in [-0.1, -0.05) is 0 Å². The van der Waals surface area contributed by atoms with Crippen molar-refractivity contribution in [2.24, 2.45) is 0 Å². The number of thiazole rings is 1. The minimum absolute atomic E-state index is 0.0681. The Balaban J connectivity index is 1.54. The maximum atomic E-state index is 13.0. The summed E-state index contributed by atoms with van der Waals surface area (Å²) in [6, 6.07) is 13.4. The third-order valence-corrected chi connectivity index (χ3v) is 4.57. The second-order valence-corrected chi connectivity index (χ2v) is 6.29. The van der Waals surface area contributed by atoms with Gasteiger partial charge in [0.15, 0.2) is 0 Å². The van der Waals surface area contributed by atoms with Crippen LogP contribution in [0.15, 0.2) is 53.9 Å². The monoisotopic (exact) mass is 356 g/mol. The molecule has 1 aromatic heterocycles. The molecule has 3 rings (SSSR count). The van der Waals surface area contributed by atoms with Crippen molar-refractivity contribution in [1.29, 1.82) is 0 Å². The van der Waals surface area contributed by atoms with Crippen LogP contribution in [0.25, 0.3) is 10.6 Å². The summed E-state index contributed by atoms with van der Waals surface area (Å²) < 4.78 is 18.1. The van der Waals surface area contributed by atoms with Gasteiger partial charge in [0.05, 0.1) is 12.8 Å². The van der Waals surface area contributed by atoms with Gasteiger partial charge in [0.2, 0.25) is 5.91 Å². The first-order valence-electron chi connectivity index (χ1n) is 7.78. The first kappa shape index (κ1) is 17.1. The van der Waals surface area contributed by atoms with Gasteiger partial charge in [0, 0.05) is 23.1 Å². The molecule has 3 aromatic rings. The van der Waals surface area contributed by atoms with E-state index in [0.29, 0.717) is 12.8 Å². The van der Waals surface area contributed by atoms with Crippen LogP contribution in [0.1, 0.15) is 12.1 Å². The van der Waals surface area contributed by atoms with Crippen molar-refractivity contribution in [2.75, 3.05) is 12.4 Å². The molecule has 0 radical (unpaired) electrons. The topological polar surface area (TPSA) is 51.2 Å². The molecule has 1 amide bonds. The van der Waals surface area contributed by atoms with Gasteiger partial charge in [-0.3, -0.25) is 4.79 Å². The lowest BCUT2D eigenvalue weighted by Crippen LogP contribution is -2.12. The minimum Gasteiger partial charge on any atom is -0.497 e. The Hall–Kier alpha value is -2.73. The highest BCUT2D eigenvalue weighted by Crippen LogP contribution is 2.24. The molecular weight excluding hydrogens is 339 g/mol. The van der Waals surface area contributed by atoms with Gasteiger partial charge in [-0.25, -0.2) is 9.37 Å². The maximum absolute atomic E-state index is 13.0. The van der Waals surface area contributed by atoms with Gasteiger partial charge in [-0.15, -0.1) is 11.3 Å². The zero-order chi connectivity index (χ0) is 17.6. The molecule has 0 unspecified atom stereocenters. The molecule has 0 aliphatic rings. The number of aromatic nitrogens is 1. The summed E-state index contributed by atoms with van der Waals surface area (Å²) in [5.41, 5.74) is 2.46. The SMILES string of the molecule is COc1ccc(NC(=O)CCc2csc(-c3ccc(F)cc3)n2)cc1. The Labute approximate surface area is 149 Å². The number of carbonyl (C=O) groups excluding carboxylic acids is 1. The van der Waals surface area contributed by atoms with E-state index in [0.717, 1.165) is 27.7 Å². The number of anilines is 1. The first-order chi connectivity index (χ1) is 12.1. The zero-order valence-corrected chi connectivity index (χ0v) is 14.5. The molecule has 1 heterocycles. The number of hydrogen-bond acceptors (Lipinski definition) is 4. The Morgan fingerprint density at radius 2 is 1.88 bits per heavy atom. The second kappa shape index (κ2) is 7.90.